The molecule has 1 heterocycles. The maximum atomic E-state index is 12.2. The molecule has 6 heteroatoms. The summed E-state index contributed by atoms with van der Waals surface area (Å²) in [6, 6.07) is 7.90. The number of nitrogens with zero attached hydrogens (tertiary/aromatic N) is 1. The number of anilines is 1. The highest BCUT2D eigenvalue weighted by Gasteiger charge is 2.35. The lowest BCUT2D eigenvalue weighted by Gasteiger charge is -2.11. The molecule has 2 rings (SSSR count). The normalized spacial score (nSPS) is 17.8. The van der Waals surface area contributed by atoms with Crippen LogP contribution in [0.4, 0.5) is 10.5 Å². The fourth-order valence-corrected chi connectivity index (χ4v) is 1.78. The third kappa shape index (κ3) is 3.28. The van der Waals surface area contributed by atoms with Crippen LogP contribution in [0.2, 0.25) is 0 Å². The Hall–Kier alpha value is -2.63. The van der Waals surface area contributed by atoms with Gasteiger partial charge in [0.25, 0.3) is 5.91 Å². The monoisotopic (exact) mass is 288 g/mol. The summed E-state index contributed by atoms with van der Waals surface area (Å²) in [6.45, 7) is 3.63. The number of hydrogen-bond acceptors (Lipinski definition) is 4. The van der Waals surface area contributed by atoms with Crippen LogP contribution in [0.1, 0.15) is 20.3 Å². The Balaban J connectivity index is 2.17. The van der Waals surface area contributed by atoms with Crippen molar-refractivity contribution in [3.63, 3.8) is 0 Å². The fourth-order valence-electron chi connectivity index (χ4n) is 1.78. The number of amides is 3. The average molecular weight is 288 g/mol. The summed E-state index contributed by atoms with van der Waals surface area (Å²) in [7, 11) is 0. The van der Waals surface area contributed by atoms with Crippen molar-refractivity contribution in [2.24, 2.45) is 0 Å². The highest BCUT2D eigenvalue weighted by atomic mass is 16.5. The Morgan fingerprint density at radius 2 is 2.00 bits per heavy atom. The fraction of sp³-hybridized carbons (Fsp3) is 0.267. The molecule has 1 aliphatic heterocycles. The number of ether oxygens (including phenoxy) is 1. The van der Waals surface area contributed by atoms with Gasteiger partial charge in [0.05, 0.1) is 17.9 Å². The molecule has 1 atom stereocenters. The summed E-state index contributed by atoms with van der Waals surface area (Å²) in [4.78, 5) is 36.6. The van der Waals surface area contributed by atoms with Gasteiger partial charge in [-0.15, -0.1) is 0 Å². The number of urea groups is 1. The zero-order chi connectivity index (χ0) is 15.4. The van der Waals surface area contributed by atoms with E-state index in [1.807, 2.05) is 6.92 Å². The summed E-state index contributed by atoms with van der Waals surface area (Å²) in [5.41, 5.74) is 0.357. The van der Waals surface area contributed by atoms with Crippen LogP contribution in [-0.4, -0.2) is 24.0 Å². The van der Waals surface area contributed by atoms with Crippen LogP contribution in [0, 0.1) is 0 Å². The van der Waals surface area contributed by atoms with Crippen molar-refractivity contribution in [2.45, 2.75) is 26.4 Å². The van der Waals surface area contributed by atoms with Gasteiger partial charge >= 0.3 is 12.0 Å². The Bertz CT molecular complexity index is 595. The van der Waals surface area contributed by atoms with E-state index in [2.05, 4.69) is 5.32 Å². The molecule has 1 aromatic carbocycles. The lowest BCUT2D eigenvalue weighted by molar-refractivity contribution is -0.142. The van der Waals surface area contributed by atoms with Gasteiger partial charge in [-0.25, -0.2) is 14.5 Å². The predicted molar refractivity (Wildman–Crippen MR) is 76.4 cm³/mol. The third-order valence-corrected chi connectivity index (χ3v) is 3.05. The topological polar surface area (TPSA) is 75.7 Å². The third-order valence-electron chi connectivity index (χ3n) is 3.05. The molecule has 0 radical (unpaired) electrons. The van der Waals surface area contributed by atoms with E-state index in [1.54, 1.807) is 37.3 Å². The predicted octanol–water partition coefficient (Wildman–Crippen LogP) is 1.97. The first-order valence-electron chi connectivity index (χ1n) is 6.65. The molecule has 0 aromatic heterocycles. The highest BCUT2D eigenvalue weighted by molar-refractivity contribution is 6.27. The quantitative estimate of drug-likeness (QED) is 0.522. The zero-order valence-electron chi connectivity index (χ0n) is 11.8. The van der Waals surface area contributed by atoms with E-state index in [0.29, 0.717) is 12.1 Å². The number of nitrogens with one attached hydrogen (secondary N) is 1. The minimum atomic E-state index is -0.650. The van der Waals surface area contributed by atoms with E-state index in [0.717, 1.165) is 11.0 Å². The molecule has 1 unspecified atom stereocenters. The van der Waals surface area contributed by atoms with Gasteiger partial charge in [0, 0.05) is 0 Å². The largest absolute Gasteiger partial charge is 0.459 e. The molecule has 110 valence electrons. The maximum Gasteiger partial charge on any atom is 0.333 e. The molecule has 1 aromatic rings. The van der Waals surface area contributed by atoms with Crippen LogP contribution in [0.25, 0.3) is 0 Å². The lowest BCUT2D eigenvalue weighted by Crippen LogP contribution is -2.30. The van der Waals surface area contributed by atoms with Crippen LogP contribution < -0.4 is 10.2 Å². The molecule has 0 saturated carbocycles. The van der Waals surface area contributed by atoms with E-state index in [1.165, 1.54) is 0 Å². The molecule has 1 fully saturated rings. The second-order valence-electron chi connectivity index (χ2n) is 4.62. The second kappa shape index (κ2) is 6.21. The first-order valence-corrected chi connectivity index (χ1v) is 6.65. The number of esters is 1. The van der Waals surface area contributed by atoms with Crippen LogP contribution in [0.5, 0.6) is 0 Å². The van der Waals surface area contributed by atoms with Crippen LogP contribution in [-0.2, 0) is 14.3 Å². The summed E-state index contributed by atoms with van der Waals surface area (Å²) in [5, 5.41) is 2.37. The first-order chi connectivity index (χ1) is 10.0. The van der Waals surface area contributed by atoms with Crippen LogP contribution in [0.15, 0.2) is 42.1 Å². The summed E-state index contributed by atoms with van der Waals surface area (Å²) < 4.78 is 5.05. The van der Waals surface area contributed by atoms with Gasteiger partial charge < -0.3 is 10.1 Å². The Labute approximate surface area is 122 Å². The van der Waals surface area contributed by atoms with E-state index < -0.39 is 17.9 Å². The van der Waals surface area contributed by atoms with Gasteiger partial charge in [0.1, 0.15) is 5.70 Å². The number of carbonyl (C=O) groups excluding carboxylic acids is 3. The van der Waals surface area contributed by atoms with Gasteiger partial charge in [0.2, 0.25) is 0 Å². The number of imide groups is 1. The minimum absolute atomic E-state index is 0.0860. The minimum Gasteiger partial charge on any atom is -0.459 e. The molecule has 1 N–H and O–H groups in total. The number of rotatable bonds is 4. The molecule has 21 heavy (non-hydrogen) atoms. The van der Waals surface area contributed by atoms with Crippen LogP contribution >= 0.6 is 0 Å². The Kier molecular flexibility index (Phi) is 4.37. The van der Waals surface area contributed by atoms with E-state index in [4.69, 9.17) is 4.74 Å². The van der Waals surface area contributed by atoms with Crippen molar-refractivity contribution < 1.29 is 19.1 Å². The molecule has 1 saturated heterocycles. The number of carbonyl (C=O) groups is 3. The number of para-hydroxylation sites is 1. The van der Waals surface area contributed by atoms with Crippen molar-refractivity contribution in [3.8, 4) is 0 Å². The highest BCUT2D eigenvalue weighted by Crippen LogP contribution is 2.20. The van der Waals surface area contributed by atoms with E-state index in [-0.39, 0.29) is 11.8 Å². The van der Waals surface area contributed by atoms with Crippen LogP contribution in [0.3, 0.4) is 0 Å². The van der Waals surface area contributed by atoms with Gasteiger partial charge in [-0.05, 0) is 25.5 Å². The molecule has 0 spiro atoms. The summed E-state index contributed by atoms with van der Waals surface area (Å²) in [6.07, 6.45) is 1.44. The molecule has 0 aliphatic carbocycles. The molecule has 0 bridgehead atoms. The smallest absolute Gasteiger partial charge is 0.333 e. The van der Waals surface area contributed by atoms with Gasteiger partial charge in [0.15, 0.2) is 0 Å². The number of hydrogen-bond donors (Lipinski definition) is 1. The number of benzene rings is 1. The van der Waals surface area contributed by atoms with Crippen molar-refractivity contribution in [1.29, 1.82) is 0 Å². The molecular weight excluding hydrogens is 272 g/mol. The van der Waals surface area contributed by atoms with Crippen molar-refractivity contribution >= 4 is 23.6 Å². The standard InChI is InChI=1S/C15H16N2O4/c1-3-10(2)21-13(18)9-12-14(19)17(15(20)16-12)11-7-5-4-6-8-11/h4-10H,3H2,1-2H3,(H,16,20)/b12-9-. The first kappa shape index (κ1) is 14.8. The summed E-state index contributed by atoms with van der Waals surface area (Å²) in [5.74, 6) is -1.23. The van der Waals surface area contributed by atoms with Crippen molar-refractivity contribution in [2.75, 3.05) is 4.90 Å². The van der Waals surface area contributed by atoms with Crippen molar-refractivity contribution in [1.82, 2.24) is 5.32 Å². The Morgan fingerprint density at radius 3 is 2.62 bits per heavy atom. The Morgan fingerprint density at radius 1 is 1.33 bits per heavy atom. The SMILES string of the molecule is CCC(C)OC(=O)/C=C1\NC(=O)N(c2ccccc2)C1=O. The molecule has 3 amide bonds. The van der Waals surface area contributed by atoms with Gasteiger partial charge in [-0.1, -0.05) is 25.1 Å². The lowest BCUT2D eigenvalue weighted by atomic mass is 10.3. The van der Waals surface area contributed by atoms with Gasteiger partial charge in [-0.2, -0.15) is 0 Å². The summed E-state index contributed by atoms with van der Waals surface area (Å²) >= 11 is 0. The molecular formula is C15H16N2O4. The van der Waals surface area contributed by atoms with E-state index >= 15 is 0 Å². The molecule has 6 nitrogen and oxygen atoms in total. The van der Waals surface area contributed by atoms with Crippen molar-refractivity contribution in [3.05, 3.63) is 42.1 Å². The average Bonchev–Trinajstić information content (AvgIpc) is 2.74. The maximum absolute atomic E-state index is 12.2. The van der Waals surface area contributed by atoms with Gasteiger partial charge in [-0.3, -0.25) is 4.79 Å². The molecule has 1 aliphatic rings. The zero-order valence-corrected chi connectivity index (χ0v) is 11.8. The van der Waals surface area contributed by atoms with E-state index in [9.17, 15) is 14.4 Å². The second-order valence-corrected chi connectivity index (χ2v) is 4.62.